The van der Waals surface area contributed by atoms with Crippen LogP contribution in [0.5, 0.6) is 0 Å². The molecule has 2 heteroatoms. The molecular weight excluding hydrogens is 322 g/mol. The molecule has 0 bridgehead atoms. The maximum absolute atomic E-state index is 3.55. The van der Waals surface area contributed by atoms with Crippen molar-refractivity contribution in [2.24, 2.45) is 0 Å². The van der Waals surface area contributed by atoms with Gasteiger partial charge in [-0.25, -0.2) is 0 Å². The van der Waals surface area contributed by atoms with Gasteiger partial charge in [-0.2, -0.15) is 0 Å². The third kappa shape index (κ3) is 7.33. The summed E-state index contributed by atoms with van der Waals surface area (Å²) in [6, 6.07) is 16.8. The topological polar surface area (TPSA) is 12.0 Å². The van der Waals surface area contributed by atoms with Gasteiger partial charge in [0.15, 0.2) is 0 Å². The van der Waals surface area contributed by atoms with Gasteiger partial charge in [0.25, 0.3) is 0 Å². The third-order valence-corrected chi connectivity index (χ3v) is 3.92. The first-order chi connectivity index (χ1) is 10.2. The zero-order chi connectivity index (χ0) is 15.5. The van der Waals surface area contributed by atoms with Crippen LogP contribution in [0.4, 0.5) is 5.69 Å². The monoisotopic (exact) mass is 347 g/mol. The minimum Gasteiger partial charge on any atom is -0.384 e. The van der Waals surface area contributed by atoms with Gasteiger partial charge >= 0.3 is 0 Å². The molecule has 0 aromatic heterocycles. The molecule has 2 aromatic rings. The van der Waals surface area contributed by atoms with Crippen molar-refractivity contribution < 1.29 is 0 Å². The van der Waals surface area contributed by atoms with E-state index < -0.39 is 0 Å². The maximum Gasteiger partial charge on any atom is 0.0487 e. The van der Waals surface area contributed by atoms with Crippen molar-refractivity contribution in [2.75, 3.05) is 11.9 Å². The number of anilines is 1. The molecule has 0 atom stereocenters. The predicted molar refractivity (Wildman–Crippen MR) is 98.1 cm³/mol. The van der Waals surface area contributed by atoms with Gasteiger partial charge in [0.2, 0.25) is 0 Å². The SMILES string of the molecule is CCCCNc1cc(CC)ccc1Br.Cc1ccccc1. The second kappa shape index (κ2) is 10.4. The van der Waals surface area contributed by atoms with E-state index in [9.17, 15) is 0 Å². The highest BCUT2D eigenvalue weighted by atomic mass is 79.9. The molecule has 0 aliphatic rings. The Labute approximate surface area is 137 Å². The van der Waals surface area contributed by atoms with Gasteiger partial charge in [-0.05, 0) is 53.4 Å². The molecule has 21 heavy (non-hydrogen) atoms. The van der Waals surface area contributed by atoms with Crippen LogP contribution < -0.4 is 5.32 Å². The van der Waals surface area contributed by atoms with Crippen molar-refractivity contribution in [2.45, 2.75) is 40.0 Å². The molecule has 0 heterocycles. The molecule has 2 rings (SSSR count). The Morgan fingerprint density at radius 2 is 1.71 bits per heavy atom. The third-order valence-electron chi connectivity index (χ3n) is 3.23. The lowest BCUT2D eigenvalue weighted by Crippen LogP contribution is -2.01. The van der Waals surface area contributed by atoms with Gasteiger partial charge in [-0.1, -0.05) is 62.2 Å². The van der Waals surface area contributed by atoms with Crippen LogP contribution in [-0.2, 0) is 6.42 Å². The fourth-order valence-corrected chi connectivity index (χ4v) is 2.25. The molecule has 0 radical (unpaired) electrons. The summed E-state index contributed by atoms with van der Waals surface area (Å²) in [7, 11) is 0. The van der Waals surface area contributed by atoms with Crippen LogP contribution in [0.1, 0.15) is 37.8 Å². The average molecular weight is 348 g/mol. The number of unbranched alkanes of at least 4 members (excludes halogenated alkanes) is 1. The molecular formula is C19H26BrN. The Balaban J connectivity index is 0.000000262. The van der Waals surface area contributed by atoms with Crippen molar-refractivity contribution in [1.29, 1.82) is 0 Å². The minimum atomic E-state index is 1.06. The number of rotatable bonds is 5. The number of aryl methyl sites for hydroxylation is 2. The van der Waals surface area contributed by atoms with E-state index in [2.05, 4.69) is 72.3 Å². The summed E-state index contributed by atoms with van der Waals surface area (Å²) >= 11 is 3.55. The van der Waals surface area contributed by atoms with Gasteiger partial charge in [-0.15, -0.1) is 0 Å². The van der Waals surface area contributed by atoms with Crippen molar-refractivity contribution in [3.63, 3.8) is 0 Å². The average Bonchev–Trinajstić information content (AvgIpc) is 2.51. The van der Waals surface area contributed by atoms with Crippen molar-refractivity contribution in [3.8, 4) is 0 Å². The molecule has 0 aliphatic carbocycles. The first-order valence-corrected chi connectivity index (χ1v) is 8.50. The molecule has 114 valence electrons. The van der Waals surface area contributed by atoms with Crippen LogP contribution in [0.25, 0.3) is 0 Å². The van der Waals surface area contributed by atoms with Gasteiger partial charge in [0.05, 0.1) is 0 Å². The number of hydrogen-bond acceptors (Lipinski definition) is 1. The molecule has 0 aliphatic heterocycles. The standard InChI is InChI=1S/C12H18BrN.C7H8/c1-3-5-8-14-12-9-10(4-2)6-7-11(12)13;1-7-5-3-2-4-6-7/h6-7,9,14H,3-5,8H2,1-2H3;2-6H,1H3. The quantitative estimate of drug-likeness (QED) is 0.633. The zero-order valence-electron chi connectivity index (χ0n) is 13.3. The van der Waals surface area contributed by atoms with E-state index in [1.807, 2.05) is 18.2 Å². The van der Waals surface area contributed by atoms with Crippen LogP contribution >= 0.6 is 15.9 Å². The van der Waals surface area contributed by atoms with E-state index in [0.29, 0.717) is 0 Å². The highest BCUT2D eigenvalue weighted by Crippen LogP contribution is 2.23. The first-order valence-electron chi connectivity index (χ1n) is 7.71. The Bertz CT molecular complexity index is 508. The van der Waals surface area contributed by atoms with Crippen LogP contribution in [0.15, 0.2) is 53.0 Å². The normalized spacial score (nSPS) is 9.71. The summed E-state index contributed by atoms with van der Waals surface area (Å²) in [6.07, 6.45) is 3.55. The van der Waals surface area contributed by atoms with Gasteiger partial charge in [-0.3, -0.25) is 0 Å². The van der Waals surface area contributed by atoms with E-state index in [1.165, 1.54) is 29.7 Å². The highest BCUT2D eigenvalue weighted by molar-refractivity contribution is 9.10. The maximum atomic E-state index is 3.55. The number of hydrogen-bond donors (Lipinski definition) is 1. The van der Waals surface area contributed by atoms with Crippen LogP contribution in [-0.4, -0.2) is 6.54 Å². The molecule has 0 spiro atoms. The van der Waals surface area contributed by atoms with E-state index in [1.54, 1.807) is 0 Å². The molecule has 0 unspecified atom stereocenters. The lowest BCUT2D eigenvalue weighted by atomic mass is 10.1. The lowest BCUT2D eigenvalue weighted by Gasteiger charge is -2.09. The zero-order valence-corrected chi connectivity index (χ0v) is 14.9. The van der Waals surface area contributed by atoms with Crippen molar-refractivity contribution in [1.82, 2.24) is 0 Å². The Hall–Kier alpha value is -1.28. The molecule has 2 aromatic carbocycles. The predicted octanol–water partition coefficient (Wildman–Crippen LogP) is 6.22. The fraction of sp³-hybridized carbons (Fsp3) is 0.368. The van der Waals surface area contributed by atoms with Gasteiger partial charge < -0.3 is 5.32 Å². The Morgan fingerprint density at radius 3 is 2.24 bits per heavy atom. The molecule has 0 fully saturated rings. The van der Waals surface area contributed by atoms with Crippen molar-refractivity contribution >= 4 is 21.6 Å². The molecule has 1 N–H and O–H groups in total. The van der Waals surface area contributed by atoms with Crippen LogP contribution in [0.2, 0.25) is 0 Å². The molecule has 1 nitrogen and oxygen atoms in total. The number of halogens is 1. The number of benzene rings is 2. The van der Waals surface area contributed by atoms with E-state index in [0.717, 1.165) is 17.4 Å². The highest BCUT2D eigenvalue weighted by Gasteiger charge is 1.99. The summed E-state index contributed by atoms with van der Waals surface area (Å²) in [5.41, 5.74) is 3.92. The summed E-state index contributed by atoms with van der Waals surface area (Å²) in [5, 5.41) is 3.44. The second-order valence-electron chi connectivity index (χ2n) is 5.10. The van der Waals surface area contributed by atoms with Crippen LogP contribution in [0.3, 0.4) is 0 Å². The fourth-order valence-electron chi connectivity index (χ4n) is 1.86. The molecule has 0 amide bonds. The summed E-state index contributed by atoms with van der Waals surface area (Å²) in [5.74, 6) is 0. The van der Waals surface area contributed by atoms with Gasteiger partial charge in [0.1, 0.15) is 0 Å². The smallest absolute Gasteiger partial charge is 0.0487 e. The largest absolute Gasteiger partial charge is 0.384 e. The molecule has 0 saturated heterocycles. The first kappa shape index (κ1) is 17.8. The van der Waals surface area contributed by atoms with Crippen LogP contribution in [0, 0.1) is 6.92 Å². The van der Waals surface area contributed by atoms with E-state index in [-0.39, 0.29) is 0 Å². The van der Waals surface area contributed by atoms with Gasteiger partial charge in [0, 0.05) is 16.7 Å². The number of nitrogens with one attached hydrogen (secondary N) is 1. The lowest BCUT2D eigenvalue weighted by molar-refractivity contribution is 0.833. The Kier molecular flexibility index (Phi) is 8.84. The van der Waals surface area contributed by atoms with Crippen molar-refractivity contribution in [3.05, 3.63) is 64.1 Å². The summed E-state index contributed by atoms with van der Waals surface area (Å²) in [4.78, 5) is 0. The van der Waals surface area contributed by atoms with E-state index >= 15 is 0 Å². The Morgan fingerprint density at radius 1 is 1.00 bits per heavy atom. The van der Waals surface area contributed by atoms with E-state index in [4.69, 9.17) is 0 Å². The minimum absolute atomic E-state index is 1.06. The summed E-state index contributed by atoms with van der Waals surface area (Å²) in [6.45, 7) is 7.53. The molecule has 0 saturated carbocycles. The summed E-state index contributed by atoms with van der Waals surface area (Å²) < 4.78 is 1.16. The second-order valence-corrected chi connectivity index (χ2v) is 5.96.